The van der Waals surface area contributed by atoms with Crippen molar-refractivity contribution >= 4 is 17.5 Å². The van der Waals surface area contributed by atoms with Crippen molar-refractivity contribution in [3.05, 3.63) is 53.6 Å². The normalized spacial score (nSPS) is 14.9. The molecule has 7 nitrogen and oxygen atoms in total. The highest BCUT2D eigenvalue weighted by molar-refractivity contribution is 5.93. The van der Waals surface area contributed by atoms with Crippen LogP contribution in [0.15, 0.2) is 36.7 Å². The lowest BCUT2D eigenvalue weighted by Gasteiger charge is -2.34. The Bertz CT molecular complexity index is 766. The molecule has 3 rings (SSSR count). The predicted molar refractivity (Wildman–Crippen MR) is 98.9 cm³/mol. The van der Waals surface area contributed by atoms with Gasteiger partial charge in [-0.25, -0.2) is 4.98 Å². The van der Waals surface area contributed by atoms with E-state index in [0.29, 0.717) is 38.4 Å². The molecule has 26 heavy (non-hydrogen) atoms. The Kier molecular flexibility index (Phi) is 5.58. The van der Waals surface area contributed by atoms with Gasteiger partial charge in [0, 0.05) is 38.1 Å². The predicted octanol–water partition coefficient (Wildman–Crippen LogP) is 1.49. The van der Waals surface area contributed by atoms with Gasteiger partial charge in [-0.15, -0.1) is 0 Å². The molecule has 136 valence electrons. The molecule has 0 bridgehead atoms. The molecule has 1 aliphatic heterocycles. The monoisotopic (exact) mass is 353 g/mol. The first kappa shape index (κ1) is 18.0. The summed E-state index contributed by atoms with van der Waals surface area (Å²) in [4.78, 5) is 36.7. The summed E-state index contributed by atoms with van der Waals surface area (Å²) in [6, 6.07) is 7.72. The molecular weight excluding hydrogens is 330 g/mol. The van der Waals surface area contributed by atoms with Gasteiger partial charge < -0.3 is 10.2 Å². The second-order valence-corrected chi connectivity index (χ2v) is 6.53. The summed E-state index contributed by atoms with van der Waals surface area (Å²) in [7, 11) is 0. The van der Waals surface area contributed by atoms with E-state index in [1.165, 1.54) is 6.20 Å². The third-order valence-corrected chi connectivity index (χ3v) is 4.36. The van der Waals surface area contributed by atoms with Crippen molar-refractivity contribution in [3.63, 3.8) is 0 Å². The Morgan fingerprint density at radius 3 is 2.31 bits per heavy atom. The van der Waals surface area contributed by atoms with E-state index < -0.39 is 0 Å². The third-order valence-electron chi connectivity index (χ3n) is 4.36. The number of nitrogens with zero attached hydrogens (tertiary/aromatic N) is 4. The van der Waals surface area contributed by atoms with Crippen LogP contribution in [0.3, 0.4) is 0 Å². The van der Waals surface area contributed by atoms with Crippen LogP contribution in [0.25, 0.3) is 0 Å². The number of carbonyl (C=O) groups is 2. The van der Waals surface area contributed by atoms with Gasteiger partial charge in [-0.2, -0.15) is 0 Å². The summed E-state index contributed by atoms with van der Waals surface area (Å²) < 4.78 is 0. The van der Waals surface area contributed by atoms with E-state index in [9.17, 15) is 9.59 Å². The summed E-state index contributed by atoms with van der Waals surface area (Å²) >= 11 is 0. The second kappa shape index (κ2) is 8.05. The topological polar surface area (TPSA) is 78.4 Å². The van der Waals surface area contributed by atoms with Crippen molar-refractivity contribution in [1.82, 2.24) is 19.8 Å². The highest BCUT2D eigenvalue weighted by Gasteiger charge is 2.24. The molecule has 0 saturated carbocycles. The Balaban J connectivity index is 1.47. The number of hydrogen-bond acceptors (Lipinski definition) is 5. The van der Waals surface area contributed by atoms with Crippen molar-refractivity contribution in [3.8, 4) is 0 Å². The molecule has 1 saturated heterocycles. The van der Waals surface area contributed by atoms with Gasteiger partial charge in [-0.1, -0.05) is 17.7 Å². The standard InChI is InChI=1S/C19H23N5O2/c1-14-3-5-16(6-4-14)22-18(25)13-23-7-9-24(10-8-23)19(26)17-12-20-15(2)11-21-17/h3-6,11-12H,7-10,13H2,1-2H3,(H,22,25). The van der Waals surface area contributed by atoms with E-state index in [4.69, 9.17) is 0 Å². The number of anilines is 1. The van der Waals surface area contributed by atoms with E-state index in [0.717, 1.165) is 16.9 Å². The van der Waals surface area contributed by atoms with E-state index in [1.807, 2.05) is 43.0 Å². The number of aromatic nitrogens is 2. The maximum absolute atomic E-state index is 12.4. The van der Waals surface area contributed by atoms with Gasteiger partial charge in [0.05, 0.1) is 18.4 Å². The van der Waals surface area contributed by atoms with Crippen LogP contribution in [0, 0.1) is 13.8 Å². The van der Waals surface area contributed by atoms with Crippen LogP contribution < -0.4 is 5.32 Å². The lowest BCUT2D eigenvalue weighted by molar-refractivity contribution is -0.117. The summed E-state index contributed by atoms with van der Waals surface area (Å²) in [6.45, 7) is 6.63. The average molecular weight is 353 g/mol. The molecule has 1 fully saturated rings. The summed E-state index contributed by atoms with van der Waals surface area (Å²) in [5.41, 5.74) is 3.10. The third kappa shape index (κ3) is 4.64. The van der Waals surface area contributed by atoms with Gasteiger partial charge >= 0.3 is 0 Å². The number of piperazine rings is 1. The first-order chi connectivity index (χ1) is 12.5. The number of hydrogen-bond donors (Lipinski definition) is 1. The quantitative estimate of drug-likeness (QED) is 0.901. The molecule has 1 N–H and O–H groups in total. The SMILES string of the molecule is Cc1ccc(NC(=O)CN2CCN(C(=O)c3cnc(C)cn3)CC2)cc1. The van der Waals surface area contributed by atoms with Crippen molar-refractivity contribution < 1.29 is 9.59 Å². The number of nitrogens with one attached hydrogen (secondary N) is 1. The molecule has 0 radical (unpaired) electrons. The van der Waals surface area contributed by atoms with Gasteiger partial charge in [0.15, 0.2) is 0 Å². The van der Waals surface area contributed by atoms with Crippen molar-refractivity contribution in [2.24, 2.45) is 0 Å². The van der Waals surface area contributed by atoms with Crippen LogP contribution in [0.4, 0.5) is 5.69 Å². The van der Waals surface area contributed by atoms with Crippen molar-refractivity contribution in [2.75, 3.05) is 38.0 Å². The smallest absolute Gasteiger partial charge is 0.274 e. The second-order valence-electron chi connectivity index (χ2n) is 6.53. The highest BCUT2D eigenvalue weighted by atomic mass is 16.2. The Morgan fingerprint density at radius 2 is 1.69 bits per heavy atom. The van der Waals surface area contributed by atoms with Crippen LogP contribution >= 0.6 is 0 Å². The minimum atomic E-state index is -0.110. The fourth-order valence-electron chi connectivity index (χ4n) is 2.81. The molecule has 0 spiro atoms. The zero-order chi connectivity index (χ0) is 18.5. The van der Waals surface area contributed by atoms with Crippen LogP contribution in [-0.4, -0.2) is 64.3 Å². The molecule has 2 aromatic rings. The zero-order valence-corrected chi connectivity index (χ0v) is 15.1. The first-order valence-corrected chi connectivity index (χ1v) is 8.68. The fraction of sp³-hybridized carbons (Fsp3) is 0.368. The van der Waals surface area contributed by atoms with E-state index in [2.05, 4.69) is 15.3 Å². The van der Waals surface area contributed by atoms with E-state index in [1.54, 1.807) is 11.1 Å². The van der Waals surface area contributed by atoms with E-state index in [-0.39, 0.29) is 11.8 Å². The van der Waals surface area contributed by atoms with Crippen molar-refractivity contribution in [2.45, 2.75) is 13.8 Å². The molecule has 0 unspecified atom stereocenters. The van der Waals surface area contributed by atoms with Gasteiger partial charge in [0.1, 0.15) is 5.69 Å². The summed E-state index contributed by atoms with van der Waals surface area (Å²) in [5, 5.41) is 2.90. The lowest BCUT2D eigenvalue weighted by Crippen LogP contribution is -2.50. The molecular formula is C19H23N5O2. The van der Waals surface area contributed by atoms with Crippen LogP contribution in [0.1, 0.15) is 21.7 Å². The number of benzene rings is 1. The van der Waals surface area contributed by atoms with Gasteiger partial charge in [-0.05, 0) is 26.0 Å². The fourth-order valence-corrected chi connectivity index (χ4v) is 2.81. The molecule has 2 heterocycles. The summed E-state index contributed by atoms with van der Waals surface area (Å²) in [6.07, 6.45) is 3.11. The van der Waals surface area contributed by atoms with E-state index >= 15 is 0 Å². The molecule has 2 amide bonds. The van der Waals surface area contributed by atoms with Gasteiger partial charge in [0.25, 0.3) is 5.91 Å². The highest BCUT2D eigenvalue weighted by Crippen LogP contribution is 2.10. The first-order valence-electron chi connectivity index (χ1n) is 8.68. The van der Waals surface area contributed by atoms with Gasteiger partial charge in [-0.3, -0.25) is 19.5 Å². The number of rotatable bonds is 4. The zero-order valence-electron chi connectivity index (χ0n) is 15.1. The van der Waals surface area contributed by atoms with Crippen LogP contribution in [-0.2, 0) is 4.79 Å². The molecule has 1 aromatic heterocycles. The molecule has 7 heteroatoms. The Morgan fingerprint density at radius 1 is 1.00 bits per heavy atom. The minimum absolute atomic E-state index is 0.0435. The maximum Gasteiger partial charge on any atom is 0.274 e. The average Bonchev–Trinajstić information content (AvgIpc) is 2.64. The lowest BCUT2D eigenvalue weighted by atomic mass is 10.2. The Labute approximate surface area is 153 Å². The van der Waals surface area contributed by atoms with Crippen LogP contribution in [0.2, 0.25) is 0 Å². The molecule has 1 aliphatic rings. The summed E-state index contributed by atoms with van der Waals surface area (Å²) in [5.74, 6) is -0.153. The van der Waals surface area contributed by atoms with Gasteiger partial charge in [0.2, 0.25) is 5.91 Å². The largest absolute Gasteiger partial charge is 0.335 e. The number of carbonyl (C=O) groups excluding carboxylic acids is 2. The molecule has 0 aliphatic carbocycles. The number of aryl methyl sites for hydroxylation is 2. The van der Waals surface area contributed by atoms with Crippen molar-refractivity contribution in [1.29, 1.82) is 0 Å². The molecule has 0 atom stereocenters. The molecule has 1 aromatic carbocycles. The minimum Gasteiger partial charge on any atom is -0.335 e. The maximum atomic E-state index is 12.4. The van der Waals surface area contributed by atoms with Crippen LogP contribution in [0.5, 0.6) is 0 Å². The Hall–Kier alpha value is -2.80. The number of amides is 2.